The molecule has 2 aromatic heterocycles. The smallest absolute Gasteiger partial charge is 0.223 e. The lowest BCUT2D eigenvalue weighted by Gasteiger charge is -2.40. The van der Waals surface area contributed by atoms with E-state index in [0.29, 0.717) is 0 Å². The number of amides is 1. The second-order valence-corrected chi connectivity index (χ2v) is 4.99. The standard InChI is InChI=1S/C14H16N6O/c15-14(21)10-2-1-7-20(12-3-4-17-9-19-12)13(10)11-8-16-5-6-18-11/h3-6,8-10,13H,1-2,7H2,(H2,15,21). The van der Waals surface area contributed by atoms with Crippen molar-refractivity contribution in [3.63, 3.8) is 0 Å². The van der Waals surface area contributed by atoms with Gasteiger partial charge in [-0.15, -0.1) is 0 Å². The van der Waals surface area contributed by atoms with Crippen LogP contribution in [0.1, 0.15) is 24.6 Å². The Morgan fingerprint density at radius 3 is 2.81 bits per heavy atom. The first kappa shape index (κ1) is 13.4. The zero-order chi connectivity index (χ0) is 14.7. The molecule has 0 radical (unpaired) electrons. The van der Waals surface area contributed by atoms with Gasteiger partial charge in [-0.05, 0) is 18.9 Å². The normalized spacial score (nSPS) is 22.0. The predicted octanol–water partition coefficient (Wildman–Crippen LogP) is 0.710. The van der Waals surface area contributed by atoms with Crippen molar-refractivity contribution in [2.45, 2.75) is 18.9 Å². The minimum Gasteiger partial charge on any atom is -0.369 e. The van der Waals surface area contributed by atoms with Crippen molar-refractivity contribution >= 4 is 11.7 Å². The van der Waals surface area contributed by atoms with Gasteiger partial charge in [0.05, 0.1) is 23.9 Å². The largest absolute Gasteiger partial charge is 0.369 e. The van der Waals surface area contributed by atoms with Crippen LogP contribution in [-0.4, -0.2) is 32.4 Å². The van der Waals surface area contributed by atoms with Crippen molar-refractivity contribution in [3.8, 4) is 0 Å². The maximum Gasteiger partial charge on any atom is 0.223 e. The van der Waals surface area contributed by atoms with E-state index in [4.69, 9.17) is 5.73 Å². The molecule has 108 valence electrons. The molecule has 7 heteroatoms. The first-order chi connectivity index (χ1) is 10.3. The number of carbonyl (C=O) groups excluding carboxylic acids is 1. The Kier molecular flexibility index (Phi) is 3.72. The Hall–Kier alpha value is -2.57. The molecule has 0 spiro atoms. The second kappa shape index (κ2) is 5.82. The van der Waals surface area contributed by atoms with Gasteiger partial charge in [-0.2, -0.15) is 0 Å². The van der Waals surface area contributed by atoms with Crippen LogP contribution >= 0.6 is 0 Å². The third-order valence-electron chi connectivity index (χ3n) is 3.74. The van der Waals surface area contributed by atoms with E-state index in [9.17, 15) is 4.79 Å². The summed E-state index contributed by atoms with van der Waals surface area (Å²) >= 11 is 0. The molecule has 1 amide bonds. The predicted molar refractivity (Wildman–Crippen MR) is 76.1 cm³/mol. The van der Waals surface area contributed by atoms with Crippen LogP contribution in [-0.2, 0) is 4.79 Å². The van der Waals surface area contributed by atoms with Crippen LogP contribution in [0.5, 0.6) is 0 Å². The number of nitrogens with two attached hydrogens (primary N) is 1. The molecule has 3 heterocycles. The van der Waals surface area contributed by atoms with E-state index in [1.54, 1.807) is 24.8 Å². The highest BCUT2D eigenvalue weighted by molar-refractivity contribution is 5.78. The van der Waals surface area contributed by atoms with Gasteiger partial charge in [-0.25, -0.2) is 9.97 Å². The average molecular weight is 284 g/mol. The summed E-state index contributed by atoms with van der Waals surface area (Å²) in [5.74, 6) is 0.154. The van der Waals surface area contributed by atoms with Crippen molar-refractivity contribution in [1.29, 1.82) is 0 Å². The molecule has 1 aliphatic heterocycles. The maximum atomic E-state index is 11.8. The van der Waals surface area contributed by atoms with Crippen molar-refractivity contribution < 1.29 is 4.79 Å². The molecular formula is C14H16N6O. The molecule has 2 aromatic rings. The number of primary amides is 1. The Bertz CT molecular complexity index is 605. The molecule has 0 bridgehead atoms. The monoisotopic (exact) mass is 284 g/mol. The molecule has 21 heavy (non-hydrogen) atoms. The number of piperidine rings is 1. The number of hydrogen-bond donors (Lipinski definition) is 1. The lowest BCUT2D eigenvalue weighted by molar-refractivity contribution is -0.123. The number of aromatic nitrogens is 4. The van der Waals surface area contributed by atoms with E-state index in [0.717, 1.165) is 30.9 Å². The minimum absolute atomic E-state index is 0.236. The molecule has 3 rings (SSSR count). The van der Waals surface area contributed by atoms with E-state index < -0.39 is 0 Å². The Balaban J connectivity index is 2.02. The highest BCUT2D eigenvalue weighted by Gasteiger charge is 2.37. The van der Waals surface area contributed by atoms with Crippen LogP contribution in [0.15, 0.2) is 37.2 Å². The van der Waals surface area contributed by atoms with E-state index in [1.165, 1.54) is 6.33 Å². The minimum atomic E-state index is -0.315. The van der Waals surface area contributed by atoms with Crippen LogP contribution in [0.3, 0.4) is 0 Å². The molecule has 0 aromatic carbocycles. The van der Waals surface area contributed by atoms with Gasteiger partial charge >= 0.3 is 0 Å². The summed E-state index contributed by atoms with van der Waals surface area (Å²) in [5.41, 5.74) is 6.32. The fraction of sp³-hybridized carbons (Fsp3) is 0.357. The number of anilines is 1. The summed E-state index contributed by atoms with van der Waals surface area (Å²) in [4.78, 5) is 30.6. The summed E-state index contributed by atoms with van der Waals surface area (Å²) in [7, 11) is 0. The van der Waals surface area contributed by atoms with Crippen LogP contribution in [0.4, 0.5) is 5.82 Å². The summed E-state index contributed by atoms with van der Waals surface area (Å²) in [6.45, 7) is 0.794. The maximum absolute atomic E-state index is 11.8. The molecule has 1 fully saturated rings. The van der Waals surface area contributed by atoms with Crippen molar-refractivity contribution in [3.05, 3.63) is 42.9 Å². The molecule has 0 saturated carbocycles. The van der Waals surface area contributed by atoms with Gasteiger partial charge in [0.2, 0.25) is 5.91 Å². The Morgan fingerprint density at radius 2 is 2.14 bits per heavy atom. The second-order valence-electron chi connectivity index (χ2n) is 4.99. The van der Waals surface area contributed by atoms with Gasteiger partial charge in [0, 0.05) is 25.1 Å². The third-order valence-corrected chi connectivity index (χ3v) is 3.74. The summed E-state index contributed by atoms with van der Waals surface area (Å²) < 4.78 is 0. The SMILES string of the molecule is NC(=O)C1CCCN(c2ccncn2)C1c1cnccn1. The van der Waals surface area contributed by atoms with Crippen molar-refractivity contribution in [2.24, 2.45) is 11.7 Å². The Labute approximate surface area is 122 Å². The van der Waals surface area contributed by atoms with Gasteiger partial charge in [0.1, 0.15) is 12.1 Å². The highest BCUT2D eigenvalue weighted by Crippen LogP contribution is 2.37. The van der Waals surface area contributed by atoms with Gasteiger partial charge in [0.15, 0.2) is 0 Å². The molecule has 0 aliphatic carbocycles. The molecule has 1 saturated heterocycles. The molecular weight excluding hydrogens is 268 g/mol. The van der Waals surface area contributed by atoms with Crippen LogP contribution in [0.2, 0.25) is 0 Å². The van der Waals surface area contributed by atoms with Crippen LogP contribution < -0.4 is 10.6 Å². The summed E-state index contributed by atoms with van der Waals surface area (Å²) in [6.07, 6.45) is 9.73. The summed E-state index contributed by atoms with van der Waals surface area (Å²) in [5, 5.41) is 0. The number of hydrogen-bond acceptors (Lipinski definition) is 6. The van der Waals surface area contributed by atoms with Gasteiger partial charge in [-0.1, -0.05) is 0 Å². The topological polar surface area (TPSA) is 97.9 Å². The fourth-order valence-corrected chi connectivity index (χ4v) is 2.83. The van der Waals surface area contributed by atoms with Gasteiger partial charge in [0.25, 0.3) is 0 Å². The van der Waals surface area contributed by atoms with Crippen LogP contribution in [0.25, 0.3) is 0 Å². The first-order valence-electron chi connectivity index (χ1n) is 6.85. The fourth-order valence-electron chi connectivity index (χ4n) is 2.83. The van der Waals surface area contributed by atoms with E-state index >= 15 is 0 Å². The third kappa shape index (κ3) is 2.67. The van der Waals surface area contributed by atoms with Gasteiger partial charge < -0.3 is 10.6 Å². The van der Waals surface area contributed by atoms with E-state index in [2.05, 4.69) is 24.8 Å². The average Bonchev–Trinajstić information content (AvgIpc) is 2.55. The summed E-state index contributed by atoms with van der Waals surface area (Å²) in [6, 6.07) is 1.59. The molecule has 7 nitrogen and oxygen atoms in total. The van der Waals surface area contributed by atoms with Crippen molar-refractivity contribution in [2.75, 3.05) is 11.4 Å². The number of nitrogens with zero attached hydrogens (tertiary/aromatic N) is 5. The lowest BCUT2D eigenvalue weighted by Crippen LogP contribution is -2.44. The zero-order valence-electron chi connectivity index (χ0n) is 11.5. The molecule has 2 unspecified atom stereocenters. The van der Waals surface area contributed by atoms with Crippen LogP contribution in [0, 0.1) is 5.92 Å². The lowest BCUT2D eigenvalue weighted by atomic mass is 9.86. The number of carbonyl (C=O) groups is 1. The quantitative estimate of drug-likeness (QED) is 0.891. The highest BCUT2D eigenvalue weighted by atomic mass is 16.1. The van der Waals surface area contributed by atoms with Crippen molar-refractivity contribution in [1.82, 2.24) is 19.9 Å². The first-order valence-corrected chi connectivity index (χ1v) is 6.85. The van der Waals surface area contributed by atoms with E-state index in [-0.39, 0.29) is 17.9 Å². The van der Waals surface area contributed by atoms with Gasteiger partial charge in [-0.3, -0.25) is 14.8 Å². The molecule has 2 atom stereocenters. The Morgan fingerprint density at radius 1 is 1.24 bits per heavy atom. The van der Waals surface area contributed by atoms with E-state index in [1.807, 2.05) is 6.07 Å². The number of rotatable bonds is 3. The molecule has 1 aliphatic rings. The molecule has 2 N–H and O–H groups in total. The zero-order valence-corrected chi connectivity index (χ0v) is 11.5.